The fourth-order valence-electron chi connectivity index (χ4n) is 4.12. The van der Waals surface area contributed by atoms with Crippen LogP contribution in [0.25, 0.3) is 22.3 Å². The predicted molar refractivity (Wildman–Crippen MR) is 142 cm³/mol. The lowest BCUT2D eigenvalue weighted by molar-refractivity contribution is 0.201. The van der Waals surface area contributed by atoms with Crippen LogP contribution in [0, 0.1) is 3.57 Å². The predicted octanol–water partition coefficient (Wildman–Crippen LogP) is 4.23. The van der Waals surface area contributed by atoms with Crippen LogP contribution in [0.2, 0.25) is 0 Å². The van der Waals surface area contributed by atoms with E-state index in [1.165, 1.54) is 4.57 Å². The third kappa shape index (κ3) is 4.82. The van der Waals surface area contributed by atoms with E-state index in [2.05, 4.69) is 32.6 Å². The molecular weight excluding hydrogens is 559 g/mol. The fourth-order valence-corrected chi connectivity index (χ4v) is 4.61. The molecule has 35 heavy (non-hydrogen) atoms. The van der Waals surface area contributed by atoms with Gasteiger partial charge in [-0.25, -0.2) is 9.78 Å². The molecule has 0 bridgehead atoms. The number of hydrogen-bond acceptors (Lipinski definition) is 5. The quantitative estimate of drug-likeness (QED) is 0.205. The number of H-pyrrole nitrogens is 2. The van der Waals surface area contributed by atoms with Gasteiger partial charge in [0.15, 0.2) is 0 Å². The number of halogens is 1. The molecule has 9 heteroatoms. The molecule has 5 aromatic rings. The summed E-state index contributed by atoms with van der Waals surface area (Å²) in [6.07, 6.45) is 0.455. The minimum absolute atomic E-state index is 0.0809. The second-order valence-corrected chi connectivity index (χ2v) is 9.33. The van der Waals surface area contributed by atoms with Gasteiger partial charge in [0.25, 0.3) is 0 Å². The number of aromatic hydroxyl groups is 1. The van der Waals surface area contributed by atoms with Crippen molar-refractivity contribution in [2.24, 2.45) is 0 Å². The average Bonchev–Trinajstić information content (AvgIpc) is 3.42. The number of hydrogen-bond donors (Lipinski definition) is 4. The molecule has 3 aromatic carbocycles. The van der Waals surface area contributed by atoms with E-state index in [9.17, 15) is 9.90 Å². The topological polar surface area (TPSA) is 116 Å². The Morgan fingerprint density at radius 3 is 2.54 bits per heavy atom. The molecule has 8 nitrogen and oxygen atoms in total. The highest BCUT2D eigenvalue weighted by atomic mass is 127. The van der Waals surface area contributed by atoms with Gasteiger partial charge in [0.1, 0.15) is 29.9 Å². The number of nitrogens with zero attached hydrogens (tertiary/aromatic N) is 2. The van der Waals surface area contributed by atoms with Crippen LogP contribution in [0.4, 0.5) is 0 Å². The first kappa shape index (κ1) is 23.2. The van der Waals surface area contributed by atoms with Gasteiger partial charge in [0, 0.05) is 15.6 Å². The molecule has 4 N–H and O–H groups in total. The van der Waals surface area contributed by atoms with Crippen LogP contribution in [-0.4, -0.2) is 42.9 Å². The van der Waals surface area contributed by atoms with E-state index < -0.39 is 11.7 Å². The zero-order valence-electron chi connectivity index (χ0n) is 18.6. The molecule has 0 unspecified atom stereocenters. The Bertz CT molecular complexity index is 1510. The molecule has 0 aliphatic carbocycles. The number of aliphatic hydroxyl groups is 1. The molecule has 0 amide bonds. The molecule has 0 spiro atoms. The highest BCUT2D eigenvalue weighted by molar-refractivity contribution is 14.1. The normalized spacial score (nSPS) is 12.2. The summed E-state index contributed by atoms with van der Waals surface area (Å²) in [6.45, 7) is 0.109. The third-order valence-corrected chi connectivity index (χ3v) is 6.44. The van der Waals surface area contributed by atoms with E-state index in [0.717, 1.165) is 20.2 Å². The molecule has 1 atom stereocenters. The molecule has 0 saturated heterocycles. The summed E-state index contributed by atoms with van der Waals surface area (Å²) < 4.78 is 7.82. The van der Waals surface area contributed by atoms with Crippen molar-refractivity contribution in [3.8, 4) is 22.9 Å². The zero-order chi connectivity index (χ0) is 24.4. The van der Waals surface area contributed by atoms with Crippen molar-refractivity contribution in [2.45, 2.75) is 12.5 Å². The van der Waals surface area contributed by atoms with E-state index in [1.54, 1.807) is 24.3 Å². The third-order valence-electron chi connectivity index (χ3n) is 5.77. The Hall–Kier alpha value is -3.57. The number of imidazole rings is 2. The van der Waals surface area contributed by atoms with Crippen LogP contribution < -0.4 is 10.4 Å². The molecule has 0 saturated carbocycles. The van der Waals surface area contributed by atoms with E-state index in [1.807, 2.05) is 48.5 Å². The van der Waals surface area contributed by atoms with E-state index in [0.29, 0.717) is 29.3 Å². The molecule has 0 fully saturated rings. The van der Waals surface area contributed by atoms with Crippen LogP contribution in [-0.2, 0) is 6.42 Å². The Kier molecular flexibility index (Phi) is 6.60. The van der Waals surface area contributed by atoms with Crippen LogP contribution in [0.1, 0.15) is 17.4 Å². The van der Waals surface area contributed by atoms with Crippen molar-refractivity contribution in [3.05, 3.63) is 98.2 Å². The average molecular weight is 582 g/mol. The molecule has 0 aliphatic heterocycles. The van der Waals surface area contributed by atoms with E-state index in [4.69, 9.17) is 14.8 Å². The van der Waals surface area contributed by atoms with E-state index >= 15 is 0 Å². The standard InChI is InChI=1S/C26H23IN4O4/c27-18-8-11-20-21(15-18)29-24(28-20)22(14-16-4-2-1-3-5-16)31-25(33)23(30-26(31)34)17-6-9-19(10-7-17)35-13-12-32/h1-11,15,22,32-33H,12-14H2,(H,28,29)(H,30,34)/t22-/m1/s1. The summed E-state index contributed by atoms with van der Waals surface area (Å²) in [5.74, 6) is 1.000. The van der Waals surface area contributed by atoms with Gasteiger partial charge in [-0.05, 0) is 70.6 Å². The molecule has 178 valence electrons. The van der Waals surface area contributed by atoms with Gasteiger partial charge >= 0.3 is 5.69 Å². The SMILES string of the molecule is O=c1[nH]c(-c2ccc(OCCO)cc2)c(O)n1[C@H](Cc1ccccc1)c1nc2ccc(I)cc2[nH]1. The Morgan fingerprint density at radius 1 is 1.03 bits per heavy atom. The molecule has 5 rings (SSSR count). The van der Waals surface area contributed by atoms with Crippen LogP contribution in [0.3, 0.4) is 0 Å². The van der Waals surface area contributed by atoms with Gasteiger partial charge in [-0.15, -0.1) is 0 Å². The van der Waals surface area contributed by atoms with Crippen molar-refractivity contribution in [2.75, 3.05) is 13.2 Å². The molecule has 0 radical (unpaired) electrons. The van der Waals surface area contributed by atoms with Crippen molar-refractivity contribution >= 4 is 33.6 Å². The van der Waals surface area contributed by atoms with Crippen molar-refractivity contribution in [1.82, 2.24) is 19.5 Å². The number of nitrogens with one attached hydrogen (secondary N) is 2. The van der Waals surface area contributed by atoms with Crippen LogP contribution in [0.15, 0.2) is 77.6 Å². The summed E-state index contributed by atoms with van der Waals surface area (Å²) in [5, 5.41) is 20.2. The number of ether oxygens (including phenoxy) is 1. The molecule has 2 aromatic heterocycles. The highest BCUT2D eigenvalue weighted by Crippen LogP contribution is 2.33. The first-order valence-corrected chi connectivity index (χ1v) is 12.2. The van der Waals surface area contributed by atoms with Crippen molar-refractivity contribution in [1.29, 1.82) is 0 Å². The van der Waals surface area contributed by atoms with Gasteiger partial charge in [-0.3, -0.25) is 4.57 Å². The zero-order valence-corrected chi connectivity index (χ0v) is 20.8. The second-order valence-electron chi connectivity index (χ2n) is 8.08. The maximum Gasteiger partial charge on any atom is 0.329 e. The molecule has 0 aliphatic rings. The van der Waals surface area contributed by atoms with Crippen molar-refractivity contribution in [3.63, 3.8) is 0 Å². The number of aromatic nitrogens is 4. The Labute approximate surface area is 214 Å². The van der Waals surface area contributed by atoms with E-state index in [-0.39, 0.29) is 19.1 Å². The van der Waals surface area contributed by atoms with Gasteiger partial charge in [0.2, 0.25) is 5.88 Å². The van der Waals surface area contributed by atoms with Crippen molar-refractivity contribution < 1.29 is 14.9 Å². The van der Waals surface area contributed by atoms with Gasteiger partial charge < -0.3 is 24.9 Å². The number of benzene rings is 3. The summed E-state index contributed by atoms with van der Waals surface area (Å²) in [5.41, 5.74) is 3.17. The number of fused-ring (bicyclic) bond motifs is 1. The fraction of sp³-hybridized carbons (Fsp3) is 0.154. The first-order valence-electron chi connectivity index (χ1n) is 11.1. The minimum Gasteiger partial charge on any atom is -0.493 e. The van der Waals surface area contributed by atoms with Gasteiger partial charge in [-0.1, -0.05) is 30.3 Å². The number of aliphatic hydroxyl groups excluding tert-OH is 1. The summed E-state index contributed by atoms with van der Waals surface area (Å²) in [4.78, 5) is 24.1. The maximum atomic E-state index is 13.2. The largest absolute Gasteiger partial charge is 0.493 e. The summed E-state index contributed by atoms with van der Waals surface area (Å²) >= 11 is 2.25. The number of rotatable bonds is 8. The first-order chi connectivity index (χ1) is 17.0. The summed E-state index contributed by atoms with van der Waals surface area (Å²) in [6, 6.07) is 22.1. The Balaban J connectivity index is 1.58. The monoisotopic (exact) mass is 582 g/mol. The lowest BCUT2D eigenvalue weighted by Gasteiger charge is -2.17. The second kappa shape index (κ2) is 9.96. The molecular formula is C26H23IN4O4. The van der Waals surface area contributed by atoms with Gasteiger partial charge in [0.05, 0.1) is 17.6 Å². The van der Waals surface area contributed by atoms with Gasteiger partial charge in [-0.2, -0.15) is 0 Å². The smallest absolute Gasteiger partial charge is 0.329 e. The Morgan fingerprint density at radius 2 is 1.80 bits per heavy atom. The summed E-state index contributed by atoms with van der Waals surface area (Å²) in [7, 11) is 0. The maximum absolute atomic E-state index is 13.2. The minimum atomic E-state index is -0.563. The van der Waals surface area contributed by atoms with Crippen LogP contribution in [0.5, 0.6) is 11.6 Å². The molecule has 2 heterocycles. The van der Waals surface area contributed by atoms with Crippen LogP contribution >= 0.6 is 22.6 Å². The highest BCUT2D eigenvalue weighted by Gasteiger charge is 2.26. The lowest BCUT2D eigenvalue weighted by Crippen LogP contribution is -2.25. The lowest BCUT2D eigenvalue weighted by atomic mass is 10.1. The number of aromatic amines is 2.